The fourth-order valence-electron chi connectivity index (χ4n) is 3.83. The van der Waals surface area contributed by atoms with Gasteiger partial charge in [0.15, 0.2) is 0 Å². The SMILES string of the molecule is CCc1ccc(-c2c(-c3ccccc3)sc3ncnc(NCCCCCC(=O)O)c23)cc1. The third-order valence-electron chi connectivity index (χ3n) is 5.53. The number of unbranched alkanes of at least 4 members (excludes halogenated alkanes) is 2. The van der Waals surface area contributed by atoms with Crippen molar-refractivity contribution in [2.45, 2.75) is 39.0 Å². The summed E-state index contributed by atoms with van der Waals surface area (Å²) in [4.78, 5) is 22.0. The highest BCUT2D eigenvalue weighted by molar-refractivity contribution is 7.22. The Morgan fingerprint density at radius 1 is 0.969 bits per heavy atom. The molecule has 0 aliphatic carbocycles. The number of aryl methyl sites for hydroxylation is 1. The molecule has 0 aliphatic rings. The number of thiophene rings is 1. The van der Waals surface area contributed by atoms with Gasteiger partial charge in [-0.25, -0.2) is 9.97 Å². The van der Waals surface area contributed by atoms with E-state index in [1.54, 1.807) is 17.7 Å². The number of carbonyl (C=O) groups is 1. The van der Waals surface area contributed by atoms with Crippen molar-refractivity contribution in [3.63, 3.8) is 0 Å². The highest BCUT2D eigenvalue weighted by Crippen LogP contribution is 2.46. The van der Waals surface area contributed by atoms with Crippen molar-refractivity contribution in [3.8, 4) is 21.6 Å². The zero-order chi connectivity index (χ0) is 22.3. The molecular formula is C26H27N3O2S. The summed E-state index contributed by atoms with van der Waals surface area (Å²) in [5.41, 5.74) is 4.80. The molecule has 0 fully saturated rings. The molecule has 0 unspecified atom stereocenters. The highest BCUT2D eigenvalue weighted by Gasteiger charge is 2.20. The Morgan fingerprint density at radius 2 is 1.75 bits per heavy atom. The van der Waals surface area contributed by atoms with Crippen LogP contribution < -0.4 is 5.32 Å². The van der Waals surface area contributed by atoms with Crippen LogP contribution in [0.5, 0.6) is 0 Å². The molecule has 2 aromatic carbocycles. The number of benzene rings is 2. The number of hydrogen-bond donors (Lipinski definition) is 2. The summed E-state index contributed by atoms with van der Waals surface area (Å²) in [7, 11) is 0. The lowest BCUT2D eigenvalue weighted by molar-refractivity contribution is -0.137. The molecule has 4 aromatic rings. The van der Waals surface area contributed by atoms with Gasteiger partial charge in [0.05, 0.1) is 5.39 Å². The van der Waals surface area contributed by atoms with E-state index in [0.29, 0.717) is 6.42 Å². The molecule has 0 saturated heterocycles. The van der Waals surface area contributed by atoms with Crippen LogP contribution in [0.15, 0.2) is 60.9 Å². The highest BCUT2D eigenvalue weighted by atomic mass is 32.1. The molecule has 2 aromatic heterocycles. The second-order valence-electron chi connectivity index (χ2n) is 7.76. The van der Waals surface area contributed by atoms with E-state index in [2.05, 4.69) is 70.7 Å². The molecule has 0 radical (unpaired) electrons. The van der Waals surface area contributed by atoms with Crippen LogP contribution in [0, 0.1) is 0 Å². The Labute approximate surface area is 192 Å². The van der Waals surface area contributed by atoms with E-state index in [1.807, 2.05) is 6.07 Å². The molecule has 4 rings (SSSR count). The second-order valence-corrected chi connectivity index (χ2v) is 8.76. The van der Waals surface area contributed by atoms with Gasteiger partial charge in [0.1, 0.15) is 17.0 Å². The molecule has 0 spiro atoms. The Balaban J connectivity index is 1.71. The number of nitrogens with one attached hydrogen (secondary N) is 1. The van der Waals surface area contributed by atoms with E-state index >= 15 is 0 Å². The van der Waals surface area contributed by atoms with Gasteiger partial charge in [-0.15, -0.1) is 11.3 Å². The van der Waals surface area contributed by atoms with Crippen molar-refractivity contribution in [1.29, 1.82) is 0 Å². The predicted molar refractivity (Wildman–Crippen MR) is 132 cm³/mol. The second kappa shape index (κ2) is 10.4. The van der Waals surface area contributed by atoms with Crippen LogP contribution in [0.2, 0.25) is 0 Å². The van der Waals surface area contributed by atoms with Crippen LogP contribution in [0.4, 0.5) is 5.82 Å². The van der Waals surface area contributed by atoms with Gasteiger partial charge < -0.3 is 10.4 Å². The van der Waals surface area contributed by atoms with E-state index in [4.69, 9.17) is 5.11 Å². The zero-order valence-electron chi connectivity index (χ0n) is 18.2. The Kier molecular flexibility index (Phi) is 7.12. The number of aliphatic carboxylic acids is 1. The molecule has 0 bridgehead atoms. The number of nitrogens with zero attached hydrogens (tertiary/aromatic N) is 2. The molecule has 32 heavy (non-hydrogen) atoms. The van der Waals surface area contributed by atoms with Crippen molar-refractivity contribution in [2.24, 2.45) is 0 Å². The van der Waals surface area contributed by atoms with Crippen LogP contribution in [-0.4, -0.2) is 27.6 Å². The first-order valence-corrected chi connectivity index (χ1v) is 11.9. The molecule has 0 aliphatic heterocycles. The lowest BCUT2D eigenvalue weighted by Crippen LogP contribution is -2.04. The van der Waals surface area contributed by atoms with E-state index in [9.17, 15) is 4.79 Å². The van der Waals surface area contributed by atoms with Crippen LogP contribution in [0.1, 0.15) is 38.2 Å². The maximum Gasteiger partial charge on any atom is 0.303 e. The molecule has 0 amide bonds. The smallest absolute Gasteiger partial charge is 0.303 e. The number of fused-ring (bicyclic) bond motifs is 1. The Bertz CT molecular complexity index is 1190. The molecule has 6 heteroatoms. The Hall–Kier alpha value is -3.25. The number of carboxylic acids is 1. The average Bonchev–Trinajstić information content (AvgIpc) is 3.22. The summed E-state index contributed by atoms with van der Waals surface area (Å²) in [5.74, 6) is 0.0992. The maximum absolute atomic E-state index is 10.7. The number of hydrogen-bond acceptors (Lipinski definition) is 5. The lowest BCUT2D eigenvalue weighted by Gasteiger charge is -2.10. The first kappa shape index (κ1) is 22.0. The third kappa shape index (κ3) is 4.97. The summed E-state index contributed by atoms with van der Waals surface area (Å²) in [5, 5.41) is 13.3. The number of anilines is 1. The summed E-state index contributed by atoms with van der Waals surface area (Å²) >= 11 is 1.69. The van der Waals surface area contributed by atoms with Crippen molar-refractivity contribution in [3.05, 3.63) is 66.5 Å². The van der Waals surface area contributed by atoms with E-state index in [-0.39, 0.29) is 6.42 Å². The summed E-state index contributed by atoms with van der Waals surface area (Å²) in [6.07, 6.45) is 5.31. The van der Waals surface area contributed by atoms with Crippen LogP contribution in [-0.2, 0) is 11.2 Å². The van der Waals surface area contributed by atoms with Crippen molar-refractivity contribution < 1.29 is 9.90 Å². The van der Waals surface area contributed by atoms with Gasteiger partial charge in [-0.3, -0.25) is 4.79 Å². The van der Waals surface area contributed by atoms with E-state index < -0.39 is 5.97 Å². The van der Waals surface area contributed by atoms with Gasteiger partial charge >= 0.3 is 5.97 Å². The topological polar surface area (TPSA) is 75.1 Å². The summed E-state index contributed by atoms with van der Waals surface area (Å²) in [6.45, 7) is 2.91. The standard InChI is InChI=1S/C26H27N3O2S/c1-2-18-12-14-19(15-13-18)22-23-25(27-16-8-4-7-11-21(30)31)28-17-29-26(23)32-24(22)20-9-5-3-6-10-20/h3,5-6,9-10,12-15,17H,2,4,7-8,11,16H2,1H3,(H,30,31)(H,27,28,29). The van der Waals surface area contributed by atoms with E-state index in [1.165, 1.54) is 16.0 Å². The summed E-state index contributed by atoms with van der Waals surface area (Å²) < 4.78 is 0. The molecule has 0 saturated carbocycles. The average molecular weight is 446 g/mol. The number of aromatic nitrogens is 2. The lowest BCUT2D eigenvalue weighted by atomic mass is 9.98. The number of rotatable bonds is 10. The third-order valence-corrected chi connectivity index (χ3v) is 6.68. The zero-order valence-corrected chi connectivity index (χ0v) is 19.0. The van der Waals surface area contributed by atoms with Crippen molar-refractivity contribution in [2.75, 3.05) is 11.9 Å². The van der Waals surface area contributed by atoms with E-state index in [0.717, 1.165) is 53.0 Å². The first-order chi connectivity index (χ1) is 15.7. The minimum absolute atomic E-state index is 0.223. The number of carboxylic acid groups (broad SMARTS) is 1. The quantitative estimate of drug-likeness (QED) is 0.267. The van der Waals surface area contributed by atoms with Gasteiger partial charge in [0.2, 0.25) is 0 Å². The van der Waals surface area contributed by atoms with Gasteiger partial charge in [0, 0.05) is 23.4 Å². The van der Waals surface area contributed by atoms with Gasteiger partial charge in [0.25, 0.3) is 0 Å². The van der Waals surface area contributed by atoms with Crippen molar-refractivity contribution in [1.82, 2.24) is 9.97 Å². The Morgan fingerprint density at radius 3 is 2.47 bits per heavy atom. The molecule has 0 atom stereocenters. The van der Waals surface area contributed by atoms with Gasteiger partial charge in [-0.05, 0) is 36.0 Å². The van der Waals surface area contributed by atoms with Crippen LogP contribution in [0.3, 0.4) is 0 Å². The normalized spacial score (nSPS) is 11.0. The largest absolute Gasteiger partial charge is 0.481 e. The van der Waals surface area contributed by atoms with Crippen LogP contribution >= 0.6 is 11.3 Å². The van der Waals surface area contributed by atoms with Crippen LogP contribution in [0.25, 0.3) is 31.8 Å². The molecule has 2 N–H and O–H groups in total. The molecule has 5 nitrogen and oxygen atoms in total. The fourth-order valence-corrected chi connectivity index (χ4v) is 5.00. The molecule has 164 valence electrons. The monoisotopic (exact) mass is 445 g/mol. The molecular weight excluding hydrogens is 418 g/mol. The van der Waals surface area contributed by atoms with Gasteiger partial charge in [-0.1, -0.05) is 67.9 Å². The first-order valence-electron chi connectivity index (χ1n) is 11.0. The maximum atomic E-state index is 10.7. The minimum atomic E-state index is -0.735. The van der Waals surface area contributed by atoms with Gasteiger partial charge in [-0.2, -0.15) is 0 Å². The predicted octanol–water partition coefficient (Wildman–Crippen LogP) is 6.64. The molecule has 2 heterocycles. The summed E-state index contributed by atoms with van der Waals surface area (Å²) in [6, 6.07) is 19.2. The van der Waals surface area contributed by atoms with Crippen molar-refractivity contribution >= 4 is 33.3 Å². The fraction of sp³-hybridized carbons (Fsp3) is 0.269. The minimum Gasteiger partial charge on any atom is -0.481 e.